The molecule has 0 aromatic heterocycles. The molecule has 0 aliphatic carbocycles. The predicted molar refractivity (Wildman–Crippen MR) is 48.3 cm³/mol. The largest absolute Gasteiger partial charge is 0.365 e. The number of hydrogen-bond donors (Lipinski definition) is 0. The fourth-order valence-electron chi connectivity index (χ4n) is 1.16. The Bertz CT molecular complexity index is 289. The molecular weight excluding hydrogens is 259 g/mol. The summed E-state index contributed by atoms with van der Waals surface area (Å²) in [4.78, 5) is 2.07. The topological polar surface area (TPSA) is 98.5 Å². The molecule has 0 amide bonds. The number of nitrogens with zero attached hydrogens (tertiary/aromatic N) is 2. The average Bonchev–Trinajstić information content (AvgIpc) is 2.32. The standard InChI is InChI=1S/C8H14ClN2.ClHO4/c1-10(2)6-7-4-5-11(3)8(7)9;2-1(3,4)5/h6H,4-5H2,1-3H3;(H,2,3,4,5)/q+1;/p-1. The van der Waals surface area contributed by atoms with E-state index in [1.54, 1.807) is 0 Å². The molecule has 0 fully saturated rings. The zero-order valence-corrected chi connectivity index (χ0v) is 10.8. The molecule has 1 aliphatic heterocycles. The predicted octanol–water partition coefficient (Wildman–Crippen LogP) is -3.64. The molecular formula is C8H14Cl2N2O4. The van der Waals surface area contributed by atoms with Gasteiger partial charge in [0.2, 0.25) is 0 Å². The number of hydrogen-bond acceptors (Lipinski definition) is 5. The van der Waals surface area contributed by atoms with Crippen LogP contribution in [-0.2, 0) is 0 Å². The molecule has 0 aromatic rings. The van der Waals surface area contributed by atoms with Crippen molar-refractivity contribution in [2.75, 3.05) is 27.7 Å². The maximum atomic E-state index is 8.49. The summed E-state index contributed by atoms with van der Waals surface area (Å²) in [5.41, 5.74) is 1.24. The zero-order valence-electron chi connectivity index (χ0n) is 9.27. The molecule has 1 rings (SSSR count). The van der Waals surface area contributed by atoms with Crippen LogP contribution < -0.4 is 18.6 Å². The second kappa shape index (κ2) is 6.39. The third-order valence-electron chi connectivity index (χ3n) is 1.73. The van der Waals surface area contributed by atoms with Crippen molar-refractivity contribution in [3.63, 3.8) is 0 Å². The van der Waals surface area contributed by atoms with Gasteiger partial charge in [-0.25, -0.2) is 23.2 Å². The van der Waals surface area contributed by atoms with Crippen molar-refractivity contribution in [1.82, 2.24) is 4.90 Å². The van der Waals surface area contributed by atoms with Gasteiger partial charge < -0.3 is 4.90 Å². The van der Waals surface area contributed by atoms with E-state index in [-0.39, 0.29) is 0 Å². The molecule has 0 atom stereocenters. The van der Waals surface area contributed by atoms with Crippen LogP contribution in [0, 0.1) is 10.2 Å². The summed E-state index contributed by atoms with van der Waals surface area (Å²) in [6.07, 6.45) is 3.14. The maximum absolute atomic E-state index is 8.49. The van der Waals surface area contributed by atoms with E-state index in [9.17, 15) is 0 Å². The van der Waals surface area contributed by atoms with Gasteiger partial charge in [-0.2, -0.15) is 0 Å². The Morgan fingerprint density at radius 3 is 2.00 bits per heavy atom. The highest BCUT2D eigenvalue weighted by Gasteiger charge is 2.17. The van der Waals surface area contributed by atoms with E-state index in [0.29, 0.717) is 0 Å². The van der Waals surface area contributed by atoms with Gasteiger partial charge in [0.05, 0.1) is 5.57 Å². The fraction of sp³-hybridized carbons (Fsp3) is 0.625. The molecule has 0 spiro atoms. The lowest BCUT2D eigenvalue weighted by Gasteiger charge is -2.17. The molecule has 0 aromatic carbocycles. The van der Waals surface area contributed by atoms with E-state index in [2.05, 4.69) is 11.1 Å². The Morgan fingerprint density at radius 1 is 1.31 bits per heavy atom. The minimum absolute atomic E-state index is 0.888. The van der Waals surface area contributed by atoms with Gasteiger partial charge >= 0.3 is 0 Å². The fourth-order valence-corrected chi connectivity index (χ4v) is 1.39. The van der Waals surface area contributed by atoms with Crippen LogP contribution in [0.25, 0.3) is 0 Å². The first-order valence-corrected chi connectivity index (χ1v) is 5.95. The van der Waals surface area contributed by atoms with Gasteiger partial charge in [0.25, 0.3) is 0 Å². The van der Waals surface area contributed by atoms with E-state index in [1.165, 1.54) is 5.57 Å². The summed E-state index contributed by atoms with van der Waals surface area (Å²) in [6, 6.07) is 0. The molecule has 0 bridgehead atoms. The minimum atomic E-state index is -4.94. The Balaban J connectivity index is 0.000000385. The normalized spacial score (nSPS) is 15.9. The summed E-state index contributed by atoms with van der Waals surface area (Å²) in [7, 11) is 1.09. The second-order valence-electron chi connectivity index (χ2n) is 3.46. The Hall–Kier alpha value is -0.370. The highest BCUT2D eigenvalue weighted by Crippen LogP contribution is 2.22. The van der Waals surface area contributed by atoms with Crippen molar-refractivity contribution < 1.29 is 33.5 Å². The van der Waals surface area contributed by atoms with E-state index in [1.807, 2.05) is 25.7 Å². The highest BCUT2D eigenvalue weighted by atomic mass is 35.7. The van der Waals surface area contributed by atoms with Crippen LogP contribution >= 0.6 is 11.6 Å². The quantitative estimate of drug-likeness (QED) is 0.279. The van der Waals surface area contributed by atoms with Crippen molar-refractivity contribution in [2.45, 2.75) is 6.42 Å². The lowest BCUT2D eigenvalue weighted by molar-refractivity contribution is -2.00. The number of rotatable bonds is 1. The minimum Gasteiger partial charge on any atom is -0.365 e. The molecule has 94 valence electrons. The SMILES string of the molecule is CN1CCC(C=[N+](C)C)=C1Cl.[O-][Cl+3]([O-])([O-])[O-]. The summed E-state index contributed by atoms with van der Waals surface area (Å²) in [6.45, 7) is 1.04. The summed E-state index contributed by atoms with van der Waals surface area (Å²) >= 11 is 6.02. The van der Waals surface area contributed by atoms with Gasteiger partial charge in [-0.1, -0.05) is 11.6 Å². The van der Waals surface area contributed by atoms with Crippen molar-refractivity contribution in [2.24, 2.45) is 0 Å². The Labute approximate surface area is 101 Å². The van der Waals surface area contributed by atoms with Gasteiger partial charge in [-0.3, -0.25) is 0 Å². The molecule has 8 heteroatoms. The van der Waals surface area contributed by atoms with Crippen LogP contribution in [0.5, 0.6) is 0 Å². The molecule has 0 N–H and O–H groups in total. The van der Waals surface area contributed by atoms with Crippen LogP contribution in [0.4, 0.5) is 0 Å². The molecule has 1 aliphatic rings. The van der Waals surface area contributed by atoms with Crippen molar-refractivity contribution in [1.29, 1.82) is 0 Å². The van der Waals surface area contributed by atoms with Crippen LogP contribution in [0.1, 0.15) is 6.42 Å². The highest BCUT2D eigenvalue weighted by molar-refractivity contribution is 6.31. The Kier molecular flexibility index (Phi) is 6.24. The van der Waals surface area contributed by atoms with E-state index in [0.717, 1.165) is 18.1 Å². The summed E-state index contributed by atoms with van der Waals surface area (Å²) < 4.78 is 36.0. The lowest BCUT2D eigenvalue weighted by atomic mass is 10.2. The van der Waals surface area contributed by atoms with Crippen molar-refractivity contribution in [3.05, 3.63) is 10.7 Å². The molecule has 16 heavy (non-hydrogen) atoms. The third-order valence-corrected chi connectivity index (χ3v) is 2.26. The van der Waals surface area contributed by atoms with E-state index >= 15 is 0 Å². The van der Waals surface area contributed by atoms with Crippen molar-refractivity contribution in [3.8, 4) is 0 Å². The van der Waals surface area contributed by atoms with Crippen LogP contribution in [0.2, 0.25) is 0 Å². The first-order chi connectivity index (χ1) is 7.11. The number of halogens is 2. The monoisotopic (exact) mass is 272 g/mol. The first-order valence-electron chi connectivity index (χ1n) is 4.34. The summed E-state index contributed by atoms with van der Waals surface area (Å²) in [5, 5.41) is 0.888. The van der Waals surface area contributed by atoms with Crippen LogP contribution in [-0.4, -0.2) is 43.4 Å². The zero-order chi connectivity index (χ0) is 12.9. The summed E-state index contributed by atoms with van der Waals surface area (Å²) in [5.74, 6) is 0. The van der Waals surface area contributed by atoms with Crippen LogP contribution in [0.15, 0.2) is 10.7 Å². The molecule has 0 saturated heterocycles. The van der Waals surface area contributed by atoms with E-state index in [4.69, 9.17) is 30.2 Å². The van der Waals surface area contributed by atoms with Crippen molar-refractivity contribution >= 4 is 17.8 Å². The Morgan fingerprint density at radius 2 is 1.75 bits per heavy atom. The van der Waals surface area contributed by atoms with Gasteiger partial charge in [0.1, 0.15) is 19.3 Å². The van der Waals surface area contributed by atoms with Crippen LogP contribution in [0.3, 0.4) is 0 Å². The first kappa shape index (κ1) is 15.6. The molecule has 0 saturated carbocycles. The molecule has 0 radical (unpaired) electrons. The van der Waals surface area contributed by atoms with Gasteiger partial charge in [-0.05, 0) is 6.42 Å². The third kappa shape index (κ3) is 7.86. The molecule has 6 nitrogen and oxygen atoms in total. The molecule has 1 heterocycles. The van der Waals surface area contributed by atoms with Gasteiger partial charge in [-0.15, -0.1) is 10.2 Å². The average molecular weight is 273 g/mol. The van der Waals surface area contributed by atoms with Gasteiger partial charge in [0, 0.05) is 13.6 Å². The second-order valence-corrected chi connectivity index (χ2v) is 4.57. The lowest BCUT2D eigenvalue weighted by Crippen LogP contribution is -2.68. The van der Waals surface area contributed by atoms with Gasteiger partial charge in [0.15, 0.2) is 6.21 Å². The smallest absolute Gasteiger partial charge is 0.169 e. The maximum Gasteiger partial charge on any atom is 0.169 e. The van der Waals surface area contributed by atoms with E-state index < -0.39 is 10.2 Å². The molecule has 0 unspecified atom stereocenters.